The van der Waals surface area contributed by atoms with Gasteiger partial charge in [0.1, 0.15) is 5.54 Å². The highest BCUT2D eigenvalue weighted by molar-refractivity contribution is 7.52. The van der Waals surface area contributed by atoms with E-state index in [1.165, 1.54) is 19.2 Å². The van der Waals surface area contributed by atoms with Crippen LogP contribution < -0.4 is 10.6 Å². The van der Waals surface area contributed by atoms with Gasteiger partial charge in [-0.15, -0.1) is 0 Å². The minimum atomic E-state index is -4.68. The molecule has 0 bridgehead atoms. The number of aliphatic carboxylic acids is 1. The predicted octanol–water partition coefficient (Wildman–Crippen LogP) is 0.188. The molecule has 1 aliphatic rings. The molecule has 10 heteroatoms. The third kappa shape index (κ3) is 3.59. The van der Waals surface area contributed by atoms with Crippen LogP contribution in [0.15, 0.2) is 24.3 Å². The van der Waals surface area contributed by atoms with Crippen LogP contribution in [0.4, 0.5) is 5.69 Å². The van der Waals surface area contributed by atoms with E-state index in [0.29, 0.717) is 11.3 Å². The Bertz CT molecular complexity index is 679. The molecule has 1 aliphatic carbocycles. The fourth-order valence-electron chi connectivity index (χ4n) is 2.78. The first-order chi connectivity index (χ1) is 11.1. The van der Waals surface area contributed by atoms with E-state index in [9.17, 15) is 24.4 Å². The van der Waals surface area contributed by atoms with Gasteiger partial charge in [-0.1, -0.05) is 0 Å². The second kappa shape index (κ2) is 6.52. The molecule has 2 rings (SSSR count). The third-order valence-corrected chi connectivity index (χ3v) is 5.27. The minimum Gasteiger partial charge on any atom is -0.480 e. The summed E-state index contributed by atoms with van der Waals surface area (Å²) in [5, 5.41) is 24.3. The fraction of sp³-hybridized carbons (Fsp3) is 0.429. The molecule has 0 aromatic heterocycles. The zero-order valence-electron chi connectivity index (χ0n) is 12.8. The van der Waals surface area contributed by atoms with Crippen molar-refractivity contribution in [1.29, 1.82) is 0 Å². The SMILES string of the molecule is CNC(=O)c1ccc(NC2(C(=O)O)CC(C(O)P(=O)(O)O)C2)cc1. The molecule has 1 atom stereocenters. The van der Waals surface area contributed by atoms with Crippen molar-refractivity contribution in [3.63, 3.8) is 0 Å². The summed E-state index contributed by atoms with van der Waals surface area (Å²) in [5.74, 6) is -4.13. The Hall–Kier alpha value is -1.93. The summed E-state index contributed by atoms with van der Waals surface area (Å²) in [6.45, 7) is 0. The summed E-state index contributed by atoms with van der Waals surface area (Å²) >= 11 is 0. The van der Waals surface area contributed by atoms with E-state index < -0.39 is 30.9 Å². The Morgan fingerprint density at radius 3 is 2.21 bits per heavy atom. The number of anilines is 1. The lowest BCUT2D eigenvalue weighted by atomic mass is 9.68. The molecule has 0 heterocycles. The smallest absolute Gasteiger partial charge is 0.354 e. The number of amides is 1. The van der Waals surface area contributed by atoms with Gasteiger partial charge in [-0.2, -0.15) is 0 Å². The molecule has 0 spiro atoms. The number of hydrogen-bond donors (Lipinski definition) is 6. The average Bonchev–Trinajstić information content (AvgIpc) is 2.48. The number of carbonyl (C=O) groups excluding carboxylic acids is 1. The minimum absolute atomic E-state index is 0.119. The number of carbonyl (C=O) groups is 2. The van der Waals surface area contributed by atoms with Crippen molar-refractivity contribution >= 4 is 25.2 Å². The van der Waals surface area contributed by atoms with Crippen LogP contribution in [0.1, 0.15) is 23.2 Å². The quantitative estimate of drug-likeness (QED) is 0.394. The van der Waals surface area contributed by atoms with Gasteiger partial charge in [0.05, 0.1) is 0 Å². The van der Waals surface area contributed by atoms with Gasteiger partial charge in [-0.3, -0.25) is 9.36 Å². The molecule has 1 aromatic carbocycles. The average molecular weight is 358 g/mol. The van der Waals surface area contributed by atoms with Gasteiger partial charge in [0.2, 0.25) is 0 Å². The lowest BCUT2D eigenvalue weighted by Gasteiger charge is -2.46. The first-order valence-electron chi connectivity index (χ1n) is 7.16. The third-order valence-electron chi connectivity index (χ3n) is 4.15. The summed E-state index contributed by atoms with van der Waals surface area (Å²) < 4.78 is 11.1. The van der Waals surface area contributed by atoms with Crippen molar-refractivity contribution in [2.45, 2.75) is 24.2 Å². The Morgan fingerprint density at radius 2 is 1.79 bits per heavy atom. The maximum atomic E-state index is 11.5. The lowest BCUT2D eigenvalue weighted by molar-refractivity contribution is -0.148. The Labute approximate surface area is 137 Å². The molecule has 1 saturated carbocycles. The molecule has 1 amide bonds. The fourth-order valence-corrected chi connectivity index (χ4v) is 3.54. The van der Waals surface area contributed by atoms with Crippen molar-refractivity contribution in [1.82, 2.24) is 5.32 Å². The number of aliphatic hydroxyl groups excluding tert-OH is 1. The monoisotopic (exact) mass is 358 g/mol. The van der Waals surface area contributed by atoms with E-state index in [4.69, 9.17) is 9.79 Å². The van der Waals surface area contributed by atoms with Crippen LogP contribution in [0.25, 0.3) is 0 Å². The van der Waals surface area contributed by atoms with Gasteiger partial charge in [0.25, 0.3) is 5.91 Å². The number of hydrogen-bond acceptors (Lipinski definition) is 5. The van der Waals surface area contributed by atoms with E-state index >= 15 is 0 Å². The van der Waals surface area contributed by atoms with Gasteiger partial charge >= 0.3 is 13.6 Å². The number of carboxylic acids is 1. The van der Waals surface area contributed by atoms with Crippen molar-refractivity contribution in [2.75, 3.05) is 12.4 Å². The second-order valence-electron chi connectivity index (χ2n) is 5.84. The topological polar surface area (TPSA) is 156 Å². The maximum Gasteiger partial charge on any atom is 0.354 e. The van der Waals surface area contributed by atoms with Gasteiger partial charge in [-0.05, 0) is 37.1 Å². The number of carboxylic acid groups (broad SMARTS) is 1. The van der Waals surface area contributed by atoms with Crippen LogP contribution in [0, 0.1) is 5.92 Å². The highest BCUT2D eigenvalue weighted by Gasteiger charge is 2.55. The number of nitrogens with one attached hydrogen (secondary N) is 2. The molecule has 0 saturated heterocycles. The normalized spacial score (nSPS) is 24.6. The zero-order chi connectivity index (χ0) is 18.1. The molecule has 132 valence electrons. The highest BCUT2D eigenvalue weighted by atomic mass is 31.2. The summed E-state index contributed by atoms with van der Waals surface area (Å²) in [5.41, 5.74) is -0.542. The second-order valence-corrected chi connectivity index (χ2v) is 7.55. The van der Waals surface area contributed by atoms with Crippen molar-refractivity contribution in [2.24, 2.45) is 5.92 Å². The van der Waals surface area contributed by atoms with Gasteiger partial charge < -0.3 is 30.6 Å². The van der Waals surface area contributed by atoms with E-state index in [-0.39, 0.29) is 18.7 Å². The molecule has 1 unspecified atom stereocenters. The summed E-state index contributed by atoms with van der Waals surface area (Å²) in [6.07, 6.45) is -0.238. The number of aliphatic hydroxyl groups is 1. The number of benzene rings is 1. The standard InChI is InChI=1S/C14H19N2O7P/c1-15-11(17)8-2-4-10(5-3-8)16-14(13(19)20)6-9(7-14)12(18)24(21,22)23/h2-5,9,12,16,18H,6-7H2,1H3,(H,15,17)(H,19,20)(H2,21,22,23). The first kappa shape index (κ1) is 18.4. The molecule has 1 fully saturated rings. The molecule has 0 radical (unpaired) electrons. The van der Waals surface area contributed by atoms with E-state index in [1.54, 1.807) is 12.1 Å². The van der Waals surface area contributed by atoms with Crippen LogP contribution >= 0.6 is 7.60 Å². The van der Waals surface area contributed by atoms with E-state index in [1.807, 2.05) is 0 Å². The predicted molar refractivity (Wildman–Crippen MR) is 84.6 cm³/mol. The molecule has 24 heavy (non-hydrogen) atoms. The maximum absolute atomic E-state index is 11.5. The highest BCUT2D eigenvalue weighted by Crippen LogP contribution is 2.53. The number of rotatable bonds is 6. The van der Waals surface area contributed by atoms with Crippen LogP contribution in [-0.2, 0) is 9.36 Å². The Balaban J connectivity index is 2.10. The van der Waals surface area contributed by atoms with Crippen LogP contribution in [0.5, 0.6) is 0 Å². The molecular formula is C14H19N2O7P. The first-order valence-corrected chi connectivity index (χ1v) is 8.84. The lowest BCUT2D eigenvalue weighted by Crippen LogP contribution is -2.58. The van der Waals surface area contributed by atoms with Gasteiger partial charge in [0.15, 0.2) is 5.85 Å². The summed E-state index contributed by atoms with van der Waals surface area (Å²) in [6, 6.07) is 6.14. The summed E-state index contributed by atoms with van der Waals surface area (Å²) in [7, 11) is -3.18. The molecule has 1 aromatic rings. The van der Waals surface area contributed by atoms with Crippen LogP contribution in [-0.4, -0.2) is 50.3 Å². The van der Waals surface area contributed by atoms with Crippen molar-refractivity contribution in [3.05, 3.63) is 29.8 Å². The molecule has 0 aliphatic heterocycles. The molecular weight excluding hydrogens is 339 g/mol. The Kier molecular flexibility index (Phi) is 5.00. The Morgan fingerprint density at radius 1 is 1.25 bits per heavy atom. The van der Waals surface area contributed by atoms with E-state index in [0.717, 1.165) is 0 Å². The van der Waals surface area contributed by atoms with Gasteiger partial charge in [-0.25, -0.2) is 4.79 Å². The van der Waals surface area contributed by atoms with Crippen molar-refractivity contribution < 1.29 is 34.2 Å². The molecule has 9 nitrogen and oxygen atoms in total. The largest absolute Gasteiger partial charge is 0.480 e. The zero-order valence-corrected chi connectivity index (χ0v) is 13.7. The van der Waals surface area contributed by atoms with Crippen LogP contribution in [0.2, 0.25) is 0 Å². The van der Waals surface area contributed by atoms with E-state index in [2.05, 4.69) is 10.6 Å². The summed E-state index contributed by atoms with van der Waals surface area (Å²) in [4.78, 5) is 41.0. The van der Waals surface area contributed by atoms with Crippen molar-refractivity contribution in [3.8, 4) is 0 Å². The molecule has 6 N–H and O–H groups in total. The van der Waals surface area contributed by atoms with Crippen LogP contribution in [0.3, 0.4) is 0 Å². The van der Waals surface area contributed by atoms with Gasteiger partial charge in [0, 0.05) is 24.2 Å².